The minimum atomic E-state index is -4.51. The average Bonchev–Trinajstić information content (AvgIpc) is 2.64. The maximum Gasteiger partial charge on any atom is 0.416 e. The van der Waals surface area contributed by atoms with Crippen LogP contribution in [0.2, 0.25) is 5.02 Å². The number of ether oxygens (including phenoxy) is 1. The summed E-state index contributed by atoms with van der Waals surface area (Å²) >= 11 is 5.78. The number of nitrogens with zero attached hydrogens (tertiary/aromatic N) is 1. The first-order chi connectivity index (χ1) is 13.1. The lowest BCUT2D eigenvalue weighted by molar-refractivity contribution is -0.137. The minimum absolute atomic E-state index is 0.0829. The van der Waals surface area contributed by atoms with Crippen LogP contribution in [0.5, 0.6) is 5.88 Å². The van der Waals surface area contributed by atoms with Crippen molar-refractivity contribution in [3.63, 3.8) is 0 Å². The first kappa shape index (κ1) is 20.9. The van der Waals surface area contributed by atoms with Crippen LogP contribution in [0, 0.1) is 0 Å². The Labute approximate surface area is 165 Å². The number of rotatable bonds is 5. The van der Waals surface area contributed by atoms with Crippen molar-refractivity contribution in [3.05, 3.63) is 53.2 Å². The molecule has 1 saturated carbocycles. The second kappa shape index (κ2) is 8.26. The van der Waals surface area contributed by atoms with Crippen molar-refractivity contribution < 1.29 is 26.3 Å². The molecule has 1 fully saturated rings. The standard InChI is InChI=1S/C18H18ClF3N2O3S/c19-13-3-10-17(23-11-13)27-15-6-4-14(5-7-15)24-28(25,26)16-8-1-12(2-9-16)18(20,21)22/h1-3,8-11,14-15,24H,4-7H2. The lowest BCUT2D eigenvalue weighted by Gasteiger charge is -2.29. The van der Waals surface area contributed by atoms with Crippen molar-refractivity contribution in [1.29, 1.82) is 0 Å². The molecule has 0 aliphatic heterocycles. The van der Waals surface area contributed by atoms with E-state index in [9.17, 15) is 21.6 Å². The lowest BCUT2D eigenvalue weighted by atomic mass is 9.94. The molecular weight excluding hydrogens is 417 g/mol. The molecule has 0 radical (unpaired) electrons. The van der Waals surface area contributed by atoms with Crippen LogP contribution in [-0.4, -0.2) is 25.5 Å². The number of aromatic nitrogens is 1. The molecule has 28 heavy (non-hydrogen) atoms. The van der Waals surface area contributed by atoms with Crippen LogP contribution in [0.25, 0.3) is 0 Å². The molecule has 0 atom stereocenters. The summed E-state index contributed by atoms with van der Waals surface area (Å²) in [6.07, 6.45) is -0.737. The first-order valence-corrected chi connectivity index (χ1v) is 10.5. The van der Waals surface area contributed by atoms with Crippen molar-refractivity contribution in [3.8, 4) is 5.88 Å². The van der Waals surface area contributed by atoms with E-state index in [2.05, 4.69) is 9.71 Å². The van der Waals surface area contributed by atoms with E-state index in [4.69, 9.17) is 16.3 Å². The first-order valence-electron chi connectivity index (χ1n) is 8.61. The van der Waals surface area contributed by atoms with E-state index in [1.807, 2.05) is 0 Å². The lowest BCUT2D eigenvalue weighted by Crippen LogP contribution is -2.39. The third kappa shape index (κ3) is 5.36. The number of halogens is 4. The maximum atomic E-state index is 12.6. The molecular formula is C18H18ClF3N2O3S. The van der Waals surface area contributed by atoms with E-state index in [1.165, 1.54) is 6.20 Å². The molecule has 3 rings (SSSR count). The Hall–Kier alpha value is -1.84. The molecule has 2 aromatic rings. The molecule has 10 heteroatoms. The van der Waals surface area contributed by atoms with Gasteiger partial charge in [0.15, 0.2) is 0 Å². The second-order valence-corrected chi connectivity index (χ2v) is 8.70. The molecule has 0 amide bonds. The van der Waals surface area contributed by atoms with Gasteiger partial charge in [0.2, 0.25) is 15.9 Å². The van der Waals surface area contributed by atoms with E-state index < -0.39 is 21.8 Å². The van der Waals surface area contributed by atoms with Crippen LogP contribution in [0.4, 0.5) is 13.2 Å². The molecule has 152 valence electrons. The van der Waals surface area contributed by atoms with Gasteiger partial charge >= 0.3 is 6.18 Å². The Morgan fingerprint density at radius 3 is 2.21 bits per heavy atom. The van der Waals surface area contributed by atoms with Gasteiger partial charge in [-0.3, -0.25) is 0 Å². The van der Waals surface area contributed by atoms with Crippen molar-refractivity contribution in [2.45, 2.75) is 48.9 Å². The van der Waals surface area contributed by atoms with Crippen LogP contribution < -0.4 is 9.46 Å². The Morgan fingerprint density at radius 2 is 1.68 bits per heavy atom. The minimum Gasteiger partial charge on any atom is -0.474 e. The Balaban J connectivity index is 1.55. The number of nitrogens with one attached hydrogen (secondary N) is 1. The highest BCUT2D eigenvalue weighted by Crippen LogP contribution is 2.30. The highest BCUT2D eigenvalue weighted by atomic mass is 35.5. The third-order valence-corrected chi connectivity index (χ3v) is 6.24. The van der Waals surface area contributed by atoms with Gasteiger partial charge in [-0.05, 0) is 56.0 Å². The zero-order valence-corrected chi connectivity index (χ0v) is 16.2. The molecule has 0 unspecified atom stereocenters. The summed E-state index contributed by atoms with van der Waals surface area (Å²) in [7, 11) is -3.89. The average molecular weight is 435 g/mol. The zero-order chi connectivity index (χ0) is 20.4. The van der Waals surface area contributed by atoms with E-state index in [0.29, 0.717) is 36.6 Å². The van der Waals surface area contributed by atoms with Gasteiger partial charge in [-0.15, -0.1) is 0 Å². The van der Waals surface area contributed by atoms with E-state index in [1.54, 1.807) is 12.1 Å². The highest BCUT2D eigenvalue weighted by molar-refractivity contribution is 7.89. The normalized spacial score (nSPS) is 20.7. The molecule has 0 bridgehead atoms. The highest BCUT2D eigenvalue weighted by Gasteiger charge is 2.31. The van der Waals surface area contributed by atoms with Gasteiger partial charge in [-0.25, -0.2) is 18.1 Å². The van der Waals surface area contributed by atoms with Gasteiger partial charge in [-0.1, -0.05) is 11.6 Å². The number of sulfonamides is 1. The van der Waals surface area contributed by atoms with E-state index >= 15 is 0 Å². The molecule has 1 heterocycles. The summed E-state index contributed by atoms with van der Waals surface area (Å²) in [6.45, 7) is 0. The smallest absolute Gasteiger partial charge is 0.416 e. The van der Waals surface area contributed by atoms with Gasteiger partial charge in [0.05, 0.1) is 15.5 Å². The van der Waals surface area contributed by atoms with E-state index in [-0.39, 0.29) is 17.0 Å². The van der Waals surface area contributed by atoms with Crippen molar-refractivity contribution >= 4 is 21.6 Å². The van der Waals surface area contributed by atoms with Crippen molar-refractivity contribution in [1.82, 2.24) is 9.71 Å². The summed E-state index contributed by atoms with van der Waals surface area (Å²) in [5.74, 6) is 0.457. The summed E-state index contributed by atoms with van der Waals surface area (Å²) in [5.41, 5.74) is -0.889. The summed E-state index contributed by atoms with van der Waals surface area (Å²) < 4.78 is 71.0. The predicted molar refractivity (Wildman–Crippen MR) is 97.7 cm³/mol. The van der Waals surface area contributed by atoms with Gasteiger partial charge < -0.3 is 4.74 Å². The van der Waals surface area contributed by atoms with E-state index in [0.717, 1.165) is 24.3 Å². The molecule has 1 aliphatic carbocycles. The van der Waals surface area contributed by atoms with Crippen LogP contribution in [0.1, 0.15) is 31.2 Å². The molecule has 1 aliphatic rings. The quantitative estimate of drug-likeness (QED) is 0.756. The molecule has 0 spiro atoms. The fourth-order valence-corrected chi connectivity index (χ4v) is 4.43. The Morgan fingerprint density at radius 1 is 1.04 bits per heavy atom. The Kier molecular flexibility index (Phi) is 6.16. The number of hydrogen-bond donors (Lipinski definition) is 1. The molecule has 0 saturated heterocycles. The molecule has 1 aromatic heterocycles. The fraction of sp³-hybridized carbons (Fsp3) is 0.389. The van der Waals surface area contributed by atoms with Crippen molar-refractivity contribution in [2.75, 3.05) is 0 Å². The largest absolute Gasteiger partial charge is 0.474 e. The van der Waals surface area contributed by atoms with Gasteiger partial charge in [0, 0.05) is 18.3 Å². The number of benzene rings is 1. The van der Waals surface area contributed by atoms with Gasteiger partial charge in [0.25, 0.3) is 0 Å². The topological polar surface area (TPSA) is 68.3 Å². The predicted octanol–water partition coefficient (Wildman–Crippen LogP) is 4.42. The van der Waals surface area contributed by atoms with Gasteiger partial charge in [-0.2, -0.15) is 13.2 Å². The fourth-order valence-electron chi connectivity index (χ4n) is 3.01. The Bertz CT molecular complexity index is 895. The number of alkyl halides is 3. The van der Waals surface area contributed by atoms with Gasteiger partial charge in [0.1, 0.15) is 6.10 Å². The van der Waals surface area contributed by atoms with Crippen LogP contribution >= 0.6 is 11.6 Å². The van der Waals surface area contributed by atoms with Crippen LogP contribution in [0.15, 0.2) is 47.5 Å². The molecule has 5 nitrogen and oxygen atoms in total. The van der Waals surface area contributed by atoms with Crippen molar-refractivity contribution in [2.24, 2.45) is 0 Å². The van der Waals surface area contributed by atoms with Crippen LogP contribution in [0.3, 0.4) is 0 Å². The monoisotopic (exact) mass is 434 g/mol. The SMILES string of the molecule is O=S(=O)(NC1CCC(Oc2ccc(Cl)cn2)CC1)c1ccc(C(F)(F)F)cc1. The molecule has 1 aromatic carbocycles. The summed E-state index contributed by atoms with van der Waals surface area (Å²) in [4.78, 5) is 3.88. The second-order valence-electron chi connectivity index (χ2n) is 6.55. The van der Waals surface area contributed by atoms with Crippen LogP contribution in [-0.2, 0) is 16.2 Å². The maximum absolute atomic E-state index is 12.6. The third-order valence-electron chi connectivity index (χ3n) is 4.48. The number of pyridine rings is 1. The summed E-state index contributed by atoms with van der Waals surface area (Å²) in [6, 6.07) is 6.50. The molecule has 1 N–H and O–H groups in total. The summed E-state index contributed by atoms with van der Waals surface area (Å²) in [5, 5.41) is 0.508. The zero-order valence-electron chi connectivity index (χ0n) is 14.6. The number of hydrogen-bond acceptors (Lipinski definition) is 4.